The highest BCUT2D eigenvalue weighted by Gasteiger charge is 2.52. The average molecular weight is 357 g/mol. The predicted molar refractivity (Wildman–Crippen MR) is 102 cm³/mol. The number of fused-ring (bicyclic) bond motifs is 3. The van der Waals surface area contributed by atoms with Gasteiger partial charge < -0.3 is 20.1 Å². The molecule has 5 rings (SSSR count). The number of benzene rings is 1. The second kappa shape index (κ2) is 6.95. The van der Waals surface area contributed by atoms with E-state index in [0.717, 1.165) is 45.3 Å². The summed E-state index contributed by atoms with van der Waals surface area (Å²) in [4.78, 5) is 15.3. The fraction of sp³-hybridized carbons (Fsp3) is 0.667. The number of likely N-dealkylation sites (tertiary alicyclic amines) is 1. The van der Waals surface area contributed by atoms with Crippen molar-refractivity contribution in [1.82, 2.24) is 10.2 Å². The van der Waals surface area contributed by atoms with Crippen molar-refractivity contribution in [3.63, 3.8) is 0 Å². The zero-order valence-corrected chi connectivity index (χ0v) is 15.8. The number of hydroxylamine groups is 3. The van der Waals surface area contributed by atoms with Crippen LogP contribution in [-0.2, 0) is 11.2 Å². The average Bonchev–Trinajstić information content (AvgIpc) is 3.09. The van der Waals surface area contributed by atoms with Gasteiger partial charge in [0.25, 0.3) is 0 Å². The molecule has 5 heteroatoms. The molecule has 142 valence electrons. The van der Waals surface area contributed by atoms with E-state index in [4.69, 9.17) is 0 Å². The van der Waals surface area contributed by atoms with Gasteiger partial charge in [0.2, 0.25) is 5.91 Å². The highest BCUT2D eigenvalue weighted by Crippen LogP contribution is 2.47. The molecular weight excluding hydrogens is 326 g/mol. The minimum atomic E-state index is -0.151. The van der Waals surface area contributed by atoms with Crippen LogP contribution in [0.3, 0.4) is 0 Å². The molecule has 0 spiro atoms. The van der Waals surface area contributed by atoms with Gasteiger partial charge in [-0.05, 0) is 23.8 Å². The first-order chi connectivity index (χ1) is 12.5. The van der Waals surface area contributed by atoms with Crippen molar-refractivity contribution >= 4 is 5.91 Å². The number of rotatable bonds is 5. The van der Waals surface area contributed by atoms with Crippen LogP contribution in [0, 0.1) is 16.5 Å². The summed E-state index contributed by atoms with van der Waals surface area (Å²) in [5.74, 6) is 0.0148. The molecule has 4 aliphatic rings. The Balaban J connectivity index is 1.28. The third-order valence-corrected chi connectivity index (χ3v) is 7.03. The van der Waals surface area contributed by atoms with Crippen molar-refractivity contribution < 1.29 is 9.44 Å². The van der Waals surface area contributed by atoms with E-state index in [-0.39, 0.29) is 27.9 Å². The summed E-state index contributed by atoms with van der Waals surface area (Å²) < 4.78 is -0.151. The third-order valence-electron chi connectivity index (χ3n) is 7.03. The molecule has 2 unspecified atom stereocenters. The van der Waals surface area contributed by atoms with Crippen LogP contribution in [0.2, 0.25) is 0 Å². The van der Waals surface area contributed by atoms with E-state index in [9.17, 15) is 10.0 Å². The smallest absolute Gasteiger partial charge is 0.229 e. The largest absolute Gasteiger partial charge is 0.633 e. The van der Waals surface area contributed by atoms with Gasteiger partial charge in [-0.2, -0.15) is 0 Å². The maximum absolute atomic E-state index is 12.9. The number of hydrogen-bond acceptors (Lipinski definition) is 3. The standard InChI is InChI=1S/C21H31N3O2/c1-21-9-13-24(26,14-10-21)16-19(21)20(25)22-18-8-12-23(15-18)11-7-17-5-3-2-4-6-17/h2-6,18-19H,7-16H2,1H3,(H,22,25). The number of nitrogens with one attached hydrogen (secondary N) is 1. The maximum atomic E-state index is 12.9. The van der Waals surface area contributed by atoms with Gasteiger partial charge >= 0.3 is 0 Å². The Morgan fingerprint density at radius 3 is 2.77 bits per heavy atom. The summed E-state index contributed by atoms with van der Waals surface area (Å²) >= 11 is 0. The molecule has 26 heavy (non-hydrogen) atoms. The molecule has 1 aromatic rings. The summed E-state index contributed by atoms with van der Waals surface area (Å²) in [6.45, 7) is 7.08. The highest BCUT2D eigenvalue weighted by molar-refractivity contribution is 5.80. The number of carbonyl (C=O) groups excluding carboxylic acids is 1. The zero-order valence-electron chi connectivity index (χ0n) is 15.8. The van der Waals surface area contributed by atoms with Crippen molar-refractivity contribution in [3.8, 4) is 0 Å². The summed E-state index contributed by atoms with van der Waals surface area (Å²) in [5, 5.41) is 15.9. The Labute approximate surface area is 156 Å². The molecule has 0 aliphatic carbocycles. The van der Waals surface area contributed by atoms with Gasteiger partial charge in [0.15, 0.2) is 0 Å². The van der Waals surface area contributed by atoms with E-state index in [2.05, 4.69) is 41.4 Å². The molecule has 4 aliphatic heterocycles. The van der Waals surface area contributed by atoms with Gasteiger partial charge in [-0.25, -0.2) is 0 Å². The molecule has 2 bridgehead atoms. The van der Waals surface area contributed by atoms with Crippen LogP contribution in [0.25, 0.3) is 0 Å². The molecule has 1 aromatic carbocycles. The van der Waals surface area contributed by atoms with Gasteiger partial charge in [-0.1, -0.05) is 37.3 Å². The van der Waals surface area contributed by atoms with Crippen LogP contribution < -0.4 is 5.32 Å². The lowest BCUT2D eigenvalue weighted by Crippen LogP contribution is -2.65. The normalized spacial score (nSPS) is 37.0. The Kier molecular flexibility index (Phi) is 4.80. The van der Waals surface area contributed by atoms with E-state index in [1.54, 1.807) is 0 Å². The van der Waals surface area contributed by atoms with E-state index in [1.165, 1.54) is 5.56 Å². The van der Waals surface area contributed by atoms with Crippen molar-refractivity contribution in [3.05, 3.63) is 41.1 Å². The lowest BCUT2D eigenvalue weighted by Gasteiger charge is -2.59. The SMILES string of the molecule is CC12CC[N+]([O-])(CC1)CC2C(=O)NC1CCN(CCc2ccccc2)C1. The molecule has 5 nitrogen and oxygen atoms in total. The van der Waals surface area contributed by atoms with Crippen molar-refractivity contribution in [2.75, 3.05) is 39.3 Å². The Hall–Kier alpha value is -1.43. The van der Waals surface area contributed by atoms with Gasteiger partial charge in [-0.3, -0.25) is 4.79 Å². The minimum Gasteiger partial charge on any atom is -0.633 e. The van der Waals surface area contributed by atoms with Crippen molar-refractivity contribution in [1.29, 1.82) is 0 Å². The van der Waals surface area contributed by atoms with Crippen LogP contribution in [0.1, 0.15) is 31.7 Å². The van der Waals surface area contributed by atoms with E-state index < -0.39 is 0 Å². The van der Waals surface area contributed by atoms with Crippen LogP contribution in [0.15, 0.2) is 30.3 Å². The number of piperidine rings is 3. The highest BCUT2D eigenvalue weighted by atomic mass is 16.5. The molecule has 1 amide bonds. The Bertz CT molecular complexity index is 640. The molecule has 1 N–H and O–H groups in total. The monoisotopic (exact) mass is 357 g/mol. The molecule has 2 atom stereocenters. The minimum absolute atomic E-state index is 0.0279. The fourth-order valence-corrected chi connectivity index (χ4v) is 5.03. The second-order valence-electron chi connectivity index (χ2n) is 8.92. The van der Waals surface area contributed by atoms with E-state index in [1.807, 2.05) is 6.07 Å². The number of hydrogen-bond donors (Lipinski definition) is 1. The lowest BCUT2D eigenvalue weighted by molar-refractivity contribution is -0.903. The molecule has 4 saturated heterocycles. The number of quaternary nitrogens is 1. The first-order valence-electron chi connectivity index (χ1n) is 10.1. The van der Waals surface area contributed by atoms with E-state index in [0.29, 0.717) is 19.6 Å². The number of nitrogens with zero attached hydrogens (tertiary/aromatic N) is 2. The number of carbonyl (C=O) groups is 1. The van der Waals surface area contributed by atoms with Crippen molar-refractivity contribution in [2.45, 2.75) is 38.6 Å². The summed E-state index contributed by atoms with van der Waals surface area (Å²) in [7, 11) is 0. The van der Waals surface area contributed by atoms with Gasteiger partial charge in [0, 0.05) is 38.5 Å². The third kappa shape index (κ3) is 3.66. The predicted octanol–water partition coefficient (Wildman–Crippen LogP) is 2.16. The second-order valence-corrected chi connectivity index (χ2v) is 8.92. The topological polar surface area (TPSA) is 55.4 Å². The molecule has 0 radical (unpaired) electrons. The first kappa shape index (κ1) is 18.0. The van der Waals surface area contributed by atoms with Gasteiger partial charge in [0.1, 0.15) is 0 Å². The van der Waals surface area contributed by atoms with Crippen LogP contribution in [0.5, 0.6) is 0 Å². The van der Waals surface area contributed by atoms with Crippen LogP contribution in [0.4, 0.5) is 0 Å². The lowest BCUT2D eigenvalue weighted by atomic mass is 9.65. The zero-order chi connectivity index (χ0) is 18.2. The molecule has 0 aromatic heterocycles. The van der Waals surface area contributed by atoms with Crippen LogP contribution >= 0.6 is 0 Å². The number of amides is 1. The van der Waals surface area contributed by atoms with Crippen molar-refractivity contribution in [2.24, 2.45) is 11.3 Å². The molecule has 4 heterocycles. The molecule has 4 fully saturated rings. The summed E-state index contributed by atoms with van der Waals surface area (Å²) in [6, 6.07) is 10.8. The van der Waals surface area contributed by atoms with Gasteiger partial charge in [-0.15, -0.1) is 0 Å². The van der Waals surface area contributed by atoms with E-state index >= 15 is 0 Å². The van der Waals surface area contributed by atoms with Crippen LogP contribution in [-0.4, -0.2) is 60.8 Å². The molecular formula is C21H31N3O2. The Morgan fingerprint density at radius 2 is 2.04 bits per heavy atom. The summed E-state index contributed by atoms with van der Waals surface area (Å²) in [5.41, 5.74) is 1.39. The fourth-order valence-electron chi connectivity index (χ4n) is 5.03. The summed E-state index contributed by atoms with van der Waals surface area (Å²) in [6.07, 6.45) is 3.85. The maximum Gasteiger partial charge on any atom is 0.229 e. The molecule has 0 saturated carbocycles. The first-order valence-corrected chi connectivity index (χ1v) is 10.1. The quantitative estimate of drug-likeness (QED) is 0.649. The Morgan fingerprint density at radius 1 is 1.31 bits per heavy atom. The van der Waals surface area contributed by atoms with Gasteiger partial charge in [0.05, 0.1) is 25.6 Å².